The van der Waals surface area contributed by atoms with Gasteiger partial charge in [0.1, 0.15) is 25.0 Å². The van der Waals surface area contributed by atoms with E-state index < -0.39 is 11.9 Å². The molecule has 5 aromatic rings. The second-order valence-electron chi connectivity index (χ2n) is 15.2. The third-order valence-electron chi connectivity index (χ3n) is 9.44. The summed E-state index contributed by atoms with van der Waals surface area (Å²) in [5.74, 6) is -0.486. The van der Waals surface area contributed by atoms with Gasteiger partial charge in [-0.1, -0.05) is 32.9 Å². The molecule has 1 aliphatic heterocycles. The first-order chi connectivity index (χ1) is 29.5. The third-order valence-corrected chi connectivity index (χ3v) is 11.4. The van der Waals surface area contributed by atoms with Gasteiger partial charge in [-0.15, -0.1) is 23.1 Å². The van der Waals surface area contributed by atoms with Crippen LogP contribution in [0.1, 0.15) is 44.7 Å². The van der Waals surface area contributed by atoms with Gasteiger partial charge in [0.2, 0.25) is 24.1 Å². The van der Waals surface area contributed by atoms with Crippen molar-refractivity contribution in [3.63, 3.8) is 0 Å². The second-order valence-corrected chi connectivity index (χ2v) is 17.9. The quantitative estimate of drug-likeness (QED) is 0.0276. The van der Waals surface area contributed by atoms with Gasteiger partial charge in [-0.25, -0.2) is 4.98 Å². The summed E-state index contributed by atoms with van der Waals surface area (Å²) in [5, 5.41) is 9.66. The largest absolute Gasteiger partial charge is 0.490 e. The fourth-order valence-electron chi connectivity index (χ4n) is 6.53. The number of carbonyl (C=O) groups is 4. The van der Waals surface area contributed by atoms with E-state index in [2.05, 4.69) is 71.0 Å². The minimum absolute atomic E-state index is 0.0429. The topological polar surface area (TPSA) is 180 Å². The Labute approximate surface area is 363 Å². The van der Waals surface area contributed by atoms with Crippen LogP contribution in [0.5, 0.6) is 5.75 Å². The maximum Gasteiger partial charge on any atom is 0.250 e. The first-order valence-corrected chi connectivity index (χ1v) is 21.8. The molecule has 0 bridgehead atoms. The monoisotopic (exact) mass is 872 g/mol. The highest BCUT2D eigenvalue weighted by atomic mass is 32.2. The summed E-state index contributed by atoms with van der Waals surface area (Å²) >= 11 is 3.36. The molecule has 0 radical (unpaired) electrons. The van der Waals surface area contributed by atoms with Gasteiger partial charge in [0.25, 0.3) is 0 Å². The molecule has 1 atom stereocenters. The van der Waals surface area contributed by atoms with Gasteiger partial charge in [-0.3, -0.25) is 29.5 Å². The molecule has 0 aliphatic carbocycles. The van der Waals surface area contributed by atoms with Gasteiger partial charge in [0, 0.05) is 52.4 Å². The predicted octanol–water partition coefficient (Wildman–Crippen LogP) is 6.63. The summed E-state index contributed by atoms with van der Waals surface area (Å²) in [4.78, 5) is 60.0. The van der Waals surface area contributed by atoms with Gasteiger partial charge < -0.3 is 39.2 Å². The molecule has 324 valence electrons. The Kier molecular flexibility index (Phi) is 16.4. The van der Waals surface area contributed by atoms with Crippen molar-refractivity contribution in [2.45, 2.75) is 62.8 Å². The number of rotatable bonds is 23. The lowest BCUT2D eigenvalue weighted by atomic mass is 10.0. The Morgan fingerprint density at radius 2 is 1.66 bits per heavy atom. The lowest BCUT2D eigenvalue weighted by Gasteiger charge is -2.31. The number of thiazole rings is 1. The lowest BCUT2D eigenvalue weighted by molar-refractivity contribution is -0.141. The number of hydrogen-bond donors (Lipinski definition) is 3. The molecule has 15 nitrogen and oxygen atoms in total. The minimum atomic E-state index is -0.769. The molecular weight excluding hydrogens is 821 g/mol. The molecule has 3 N–H and O–H groups in total. The van der Waals surface area contributed by atoms with Crippen LogP contribution < -0.4 is 20.7 Å². The summed E-state index contributed by atoms with van der Waals surface area (Å²) in [6, 6.07) is 16.9. The van der Waals surface area contributed by atoms with E-state index in [9.17, 15) is 19.2 Å². The number of piperidine rings is 1. The molecule has 4 amide bonds. The average molecular weight is 873 g/mol. The summed E-state index contributed by atoms with van der Waals surface area (Å²) in [6.07, 6.45) is 2.77. The maximum absolute atomic E-state index is 12.7. The number of amides is 4. The van der Waals surface area contributed by atoms with Crippen LogP contribution in [0.3, 0.4) is 0 Å². The standard InChI is InChI=1S/C44H52N6O9S2/c1-29-6-5-7-33(32(29)25-50(28-51)37-9-11-41(52)49-43(37)54)48-42(53)26-58-19-18-56-15-14-55-16-17-57-20-21-59-38-24-35-31(23-40(38)61-44(2,3)4)34(12-13-45-35)47-30-8-10-39-36(22-30)46-27-60-39/h5-8,10,12-13,22-24,27-28,37H,9,11,14-21,25-26H2,1-4H3,(H,45,47)(H,48,53)(H,49,52,54). The highest BCUT2D eigenvalue weighted by Gasteiger charge is 2.32. The molecular formula is C44H52N6O9S2. The first kappa shape index (κ1) is 45.4. The van der Waals surface area contributed by atoms with E-state index in [1.165, 1.54) is 4.90 Å². The Morgan fingerprint density at radius 3 is 2.38 bits per heavy atom. The zero-order chi connectivity index (χ0) is 43.2. The SMILES string of the molecule is Cc1cccc(NC(=O)COCCOCCOCCOCCOc2cc3nccc(Nc4ccc5scnc5c4)c3cc2SC(C)(C)C)c1CN(C=O)C1CCC(=O)NC1=O. The van der Waals surface area contributed by atoms with Crippen LogP contribution >= 0.6 is 23.1 Å². The van der Waals surface area contributed by atoms with E-state index in [4.69, 9.17) is 23.7 Å². The van der Waals surface area contributed by atoms with Crippen molar-refractivity contribution in [2.75, 3.05) is 70.1 Å². The van der Waals surface area contributed by atoms with Crippen molar-refractivity contribution < 1.29 is 42.9 Å². The van der Waals surface area contributed by atoms with E-state index >= 15 is 0 Å². The molecule has 1 fully saturated rings. The Balaban J connectivity index is 0.846. The fraction of sp³-hybridized carbons (Fsp3) is 0.409. The lowest BCUT2D eigenvalue weighted by Crippen LogP contribution is -2.51. The van der Waals surface area contributed by atoms with E-state index in [1.807, 2.05) is 30.6 Å². The molecule has 0 spiro atoms. The zero-order valence-electron chi connectivity index (χ0n) is 34.8. The van der Waals surface area contributed by atoms with Crippen LogP contribution in [0.15, 0.2) is 71.2 Å². The highest BCUT2D eigenvalue weighted by molar-refractivity contribution is 8.00. The van der Waals surface area contributed by atoms with Crippen LogP contribution in [0.4, 0.5) is 17.1 Å². The average Bonchev–Trinajstić information content (AvgIpc) is 3.69. The van der Waals surface area contributed by atoms with E-state index in [0.29, 0.717) is 57.3 Å². The molecule has 0 saturated carbocycles. The number of fused-ring (bicyclic) bond motifs is 2. The highest BCUT2D eigenvalue weighted by Crippen LogP contribution is 2.42. The Bertz CT molecular complexity index is 2300. The Morgan fingerprint density at radius 1 is 0.918 bits per heavy atom. The molecule has 3 heterocycles. The summed E-state index contributed by atoms with van der Waals surface area (Å²) < 4.78 is 29.8. The van der Waals surface area contributed by atoms with Crippen molar-refractivity contribution in [3.8, 4) is 5.75 Å². The van der Waals surface area contributed by atoms with Crippen LogP contribution in [0, 0.1) is 6.92 Å². The number of aryl methyl sites for hydroxylation is 1. The van der Waals surface area contributed by atoms with Crippen molar-refractivity contribution in [1.82, 2.24) is 20.2 Å². The van der Waals surface area contributed by atoms with E-state index in [1.54, 1.807) is 41.4 Å². The fourth-order valence-corrected chi connectivity index (χ4v) is 8.24. The van der Waals surface area contributed by atoms with Crippen molar-refractivity contribution in [2.24, 2.45) is 0 Å². The van der Waals surface area contributed by atoms with Crippen LogP contribution in [0.25, 0.3) is 21.1 Å². The van der Waals surface area contributed by atoms with Gasteiger partial charge in [0.05, 0.1) is 72.4 Å². The second kappa shape index (κ2) is 22.1. The molecule has 1 aliphatic rings. The number of anilines is 3. The molecule has 1 unspecified atom stereocenters. The summed E-state index contributed by atoms with van der Waals surface area (Å²) in [7, 11) is 0. The van der Waals surface area contributed by atoms with Crippen LogP contribution in [-0.4, -0.2) is 109 Å². The molecule has 1 saturated heterocycles. The number of carbonyl (C=O) groups excluding carboxylic acids is 4. The number of pyridine rings is 1. The number of nitrogens with one attached hydrogen (secondary N) is 3. The molecule has 17 heteroatoms. The van der Waals surface area contributed by atoms with Gasteiger partial charge >= 0.3 is 0 Å². The number of nitrogens with zero attached hydrogens (tertiary/aromatic N) is 3. The van der Waals surface area contributed by atoms with Crippen LogP contribution in [-0.2, 0) is 44.7 Å². The Hall–Kier alpha value is -5.17. The number of aromatic nitrogens is 2. The third kappa shape index (κ3) is 13.4. The zero-order valence-corrected chi connectivity index (χ0v) is 36.5. The minimum Gasteiger partial charge on any atom is -0.490 e. The van der Waals surface area contributed by atoms with Gasteiger partial charge in [-0.2, -0.15) is 0 Å². The number of thioether (sulfide) groups is 1. The molecule has 61 heavy (non-hydrogen) atoms. The van der Waals surface area contributed by atoms with Crippen molar-refractivity contribution in [3.05, 3.63) is 77.4 Å². The number of hydrogen-bond acceptors (Lipinski definition) is 14. The summed E-state index contributed by atoms with van der Waals surface area (Å²) in [5.41, 5.74) is 7.58. The predicted molar refractivity (Wildman–Crippen MR) is 237 cm³/mol. The van der Waals surface area contributed by atoms with Crippen molar-refractivity contribution in [1.29, 1.82) is 0 Å². The molecule has 2 aromatic heterocycles. The molecule has 6 rings (SSSR count). The smallest absolute Gasteiger partial charge is 0.250 e. The molecule has 3 aromatic carbocycles. The maximum atomic E-state index is 12.7. The van der Waals surface area contributed by atoms with Crippen molar-refractivity contribution >= 4 is 85.4 Å². The number of imide groups is 1. The number of ether oxygens (including phenoxy) is 5. The van der Waals surface area contributed by atoms with Gasteiger partial charge in [0.15, 0.2) is 0 Å². The van der Waals surface area contributed by atoms with E-state index in [-0.39, 0.29) is 55.8 Å². The summed E-state index contributed by atoms with van der Waals surface area (Å²) in [6.45, 7) is 11.0. The normalized spacial score (nSPS) is 14.3. The van der Waals surface area contributed by atoms with Crippen LogP contribution in [0.2, 0.25) is 0 Å². The first-order valence-electron chi connectivity index (χ1n) is 20.1. The van der Waals surface area contributed by atoms with E-state index in [0.717, 1.165) is 48.7 Å². The number of benzene rings is 3. The van der Waals surface area contributed by atoms with Gasteiger partial charge in [-0.05, 0) is 60.9 Å².